The van der Waals surface area contributed by atoms with Crippen LogP contribution in [0.2, 0.25) is 0 Å². The molecule has 0 bridgehead atoms. The molecule has 0 unspecified atom stereocenters. The van der Waals surface area contributed by atoms with E-state index < -0.39 is 5.63 Å². The number of nitrogens with zero attached hydrogens (tertiary/aromatic N) is 1. The second-order valence-electron chi connectivity index (χ2n) is 5.23. The van der Waals surface area contributed by atoms with E-state index in [9.17, 15) is 9.59 Å². The summed E-state index contributed by atoms with van der Waals surface area (Å²) in [7, 11) is 0. The van der Waals surface area contributed by atoms with Gasteiger partial charge in [-0.2, -0.15) is 0 Å². The van der Waals surface area contributed by atoms with Gasteiger partial charge in [-0.15, -0.1) is 0 Å². The van der Waals surface area contributed by atoms with Crippen molar-refractivity contribution < 1.29 is 9.21 Å². The molecule has 0 N–H and O–H groups in total. The molecule has 100 valence electrons. The zero-order chi connectivity index (χ0) is 14.0. The molecule has 0 aliphatic heterocycles. The maximum atomic E-state index is 11.8. The Bertz CT molecular complexity index is 671. The van der Waals surface area contributed by atoms with Gasteiger partial charge in [-0.1, -0.05) is 19.9 Å². The Hall–Kier alpha value is -1.97. The summed E-state index contributed by atoms with van der Waals surface area (Å²) in [6.45, 7) is 5.88. The van der Waals surface area contributed by atoms with Crippen molar-refractivity contribution in [3.63, 3.8) is 0 Å². The predicted molar refractivity (Wildman–Crippen MR) is 73.2 cm³/mol. The Kier molecular flexibility index (Phi) is 3.79. The number of carbonyl (C=O) groups excluding carboxylic acids is 1. The molecule has 0 amide bonds. The number of Topliss-reactive ketones (excluding diaryl/α,β-unsaturated/α-hetero) is 1. The van der Waals surface area contributed by atoms with Gasteiger partial charge < -0.3 is 4.42 Å². The van der Waals surface area contributed by atoms with Crippen LogP contribution in [0.5, 0.6) is 0 Å². The molecule has 0 radical (unpaired) electrons. The minimum absolute atomic E-state index is 0.0156. The number of aryl methyl sites for hydroxylation is 1. The van der Waals surface area contributed by atoms with E-state index in [1.54, 1.807) is 6.07 Å². The van der Waals surface area contributed by atoms with Gasteiger partial charge in [-0.25, -0.2) is 9.78 Å². The first kappa shape index (κ1) is 13.5. The number of aromatic nitrogens is 1. The van der Waals surface area contributed by atoms with Crippen LogP contribution in [0.4, 0.5) is 0 Å². The Morgan fingerprint density at radius 3 is 2.79 bits per heavy atom. The molecule has 0 spiro atoms. The number of ketones is 1. The Morgan fingerprint density at radius 2 is 2.11 bits per heavy atom. The van der Waals surface area contributed by atoms with Crippen LogP contribution in [-0.2, 0) is 11.2 Å². The minimum atomic E-state index is -0.520. The number of hydrogen-bond donors (Lipinski definition) is 0. The van der Waals surface area contributed by atoms with E-state index >= 15 is 0 Å². The molecule has 19 heavy (non-hydrogen) atoms. The smallest absolute Gasteiger partial charge is 0.358 e. The van der Waals surface area contributed by atoms with Gasteiger partial charge in [-0.3, -0.25) is 4.79 Å². The molecule has 0 saturated heterocycles. The van der Waals surface area contributed by atoms with Crippen LogP contribution >= 0.6 is 0 Å². The van der Waals surface area contributed by atoms with Gasteiger partial charge >= 0.3 is 5.63 Å². The van der Waals surface area contributed by atoms with Gasteiger partial charge in [0.2, 0.25) is 0 Å². The molecule has 0 fully saturated rings. The summed E-state index contributed by atoms with van der Waals surface area (Å²) < 4.78 is 5.18. The summed E-state index contributed by atoms with van der Waals surface area (Å²) in [4.78, 5) is 27.8. The third-order valence-electron chi connectivity index (χ3n) is 2.81. The van der Waals surface area contributed by atoms with E-state index in [4.69, 9.17) is 4.42 Å². The standard InChI is InChI=1S/C15H17NO3/c1-9(2)6-11(17)8-13-15(18)19-14-5-4-10(3)7-12(14)16-13/h4-5,7,9H,6,8H2,1-3H3. The third kappa shape index (κ3) is 3.28. The van der Waals surface area contributed by atoms with Crippen molar-refractivity contribution in [2.45, 2.75) is 33.6 Å². The van der Waals surface area contributed by atoms with Crippen molar-refractivity contribution in [2.24, 2.45) is 5.92 Å². The monoisotopic (exact) mass is 259 g/mol. The summed E-state index contributed by atoms with van der Waals surface area (Å²) in [6.07, 6.45) is 0.497. The van der Waals surface area contributed by atoms with Crippen molar-refractivity contribution in [1.29, 1.82) is 0 Å². The molecule has 0 aliphatic carbocycles. The number of rotatable bonds is 4. The van der Waals surface area contributed by atoms with E-state index in [1.807, 2.05) is 32.9 Å². The van der Waals surface area contributed by atoms with Crippen LogP contribution in [-0.4, -0.2) is 10.8 Å². The first-order chi connectivity index (χ1) is 8.95. The van der Waals surface area contributed by atoms with Gasteiger partial charge in [0.1, 0.15) is 17.0 Å². The number of fused-ring (bicyclic) bond motifs is 1. The van der Waals surface area contributed by atoms with Crippen LogP contribution in [0.3, 0.4) is 0 Å². The molecular formula is C15H17NO3. The second-order valence-corrected chi connectivity index (χ2v) is 5.23. The van der Waals surface area contributed by atoms with Crippen LogP contribution in [0, 0.1) is 12.8 Å². The van der Waals surface area contributed by atoms with Crippen molar-refractivity contribution in [3.8, 4) is 0 Å². The summed E-state index contributed by atoms with van der Waals surface area (Å²) in [5.41, 5.74) is 1.79. The minimum Gasteiger partial charge on any atom is -0.420 e. The summed E-state index contributed by atoms with van der Waals surface area (Å²) in [5.74, 6) is 0.295. The molecule has 1 aromatic heterocycles. The van der Waals surface area contributed by atoms with Gasteiger partial charge in [-0.05, 0) is 30.5 Å². The molecule has 1 aromatic carbocycles. The highest BCUT2D eigenvalue weighted by Gasteiger charge is 2.13. The maximum Gasteiger partial charge on any atom is 0.358 e. The normalized spacial score (nSPS) is 11.2. The van der Waals surface area contributed by atoms with E-state index in [0.29, 0.717) is 17.5 Å². The number of hydrogen-bond acceptors (Lipinski definition) is 4. The fourth-order valence-corrected chi connectivity index (χ4v) is 1.98. The molecule has 0 saturated carbocycles. The van der Waals surface area contributed by atoms with Gasteiger partial charge in [0.25, 0.3) is 0 Å². The van der Waals surface area contributed by atoms with Crippen LogP contribution in [0.25, 0.3) is 11.1 Å². The van der Waals surface area contributed by atoms with Crippen molar-refractivity contribution in [1.82, 2.24) is 4.98 Å². The molecule has 2 rings (SSSR count). The molecular weight excluding hydrogens is 242 g/mol. The second kappa shape index (κ2) is 5.34. The summed E-state index contributed by atoms with van der Waals surface area (Å²) in [6, 6.07) is 5.42. The Morgan fingerprint density at radius 1 is 1.37 bits per heavy atom. The van der Waals surface area contributed by atoms with E-state index in [2.05, 4.69) is 4.98 Å². The fourth-order valence-electron chi connectivity index (χ4n) is 1.98. The number of benzene rings is 1. The molecule has 0 aliphatic rings. The topological polar surface area (TPSA) is 60.2 Å². The van der Waals surface area contributed by atoms with Gasteiger partial charge in [0, 0.05) is 6.42 Å². The van der Waals surface area contributed by atoms with Crippen LogP contribution < -0.4 is 5.63 Å². The zero-order valence-electron chi connectivity index (χ0n) is 11.4. The first-order valence-electron chi connectivity index (χ1n) is 6.38. The highest BCUT2D eigenvalue weighted by molar-refractivity contribution is 5.81. The molecule has 2 aromatic rings. The summed E-state index contributed by atoms with van der Waals surface area (Å²) >= 11 is 0. The lowest BCUT2D eigenvalue weighted by atomic mass is 10.0. The average Bonchev–Trinajstić information content (AvgIpc) is 2.29. The van der Waals surface area contributed by atoms with Crippen LogP contribution in [0.1, 0.15) is 31.5 Å². The summed E-state index contributed by atoms with van der Waals surface area (Å²) in [5, 5.41) is 0. The lowest BCUT2D eigenvalue weighted by Gasteiger charge is -2.04. The highest BCUT2D eigenvalue weighted by Crippen LogP contribution is 2.13. The quantitative estimate of drug-likeness (QED) is 0.847. The SMILES string of the molecule is Cc1ccc2oc(=O)c(CC(=O)CC(C)C)nc2c1. The van der Waals surface area contributed by atoms with Crippen LogP contribution in [0.15, 0.2) is 27.4 Å². The van der Waals surface area contributed by atoms with Gasteiger partial charge in [0.15, 0.2) is 5.58 Å². The lowest BCUT2D eigenvalue weighted by molar-refractivity contribution is -0.119. The highest BCUT2D eigenvalue weighted by atomic mass is 16.4. The van der Waals surface area contributed by atoms with Crippen molar-refractivity contribution in [3.05, 3.63) is 39.9 Å². The fraction of sp³-hybridized carbons (Fsp3) is 0.400. The van der Waals surface area contributed by atoms with Gasteiger partial charge in [0.05, 0.1) is 6.42 Å². The Labute approximate surface area is 111 Å². The van der Waals surface area contributed by atoms with E-state index in [-0.39, 0.29) is 23.8 Å². The third-order valence-corrected chi connectivity index (χ3v) is 2.81. The first-order valence-corrected chi connectivity index (χ1v) is 6.38. The van der Waals surface area contributed by atoms with Crippen molar-refractivity contribution in [2.75, 3.05) is 0 Å². The Balaban J connectivity index is 2.35. The predicted octanol–water partition coefficient (Wildman–Crippen LogP) is 2.65. The lowest BCUT2D eigenvalue weighted by Crippen LogP contribution is -2.16. The van der Waals surface area contributed by atoms with E-state index in [0.717, 1.165) is 5.56 Å². The molecule has 1 heterocycles. The molecule has 4 heteroatoms. The molecule has 4 nitrogen and oxygen atoms in total. The molecule has 0 atom stereocenters. The average molecular weight is 259 g/mol. The van der Waals surface area contributed by atoms with E-state index in [1.165, 1.54) is 0 Å². The number of carbonyl (C=O) groups is 1. The maximum absolute atomic E-state index is 11.8. The zero-order valence-corrected chi connectivity index (χ0v) is 11.4. The van der Waals surface area contributed by atoms with Crippen molar-refractivity contribution >= 4 is 16.9 Å². The largest absolute Gasteiger partial charge is 0.420 e.